The van der Waals surface area contributed by atoms with Gasteiger partial charge >= 0.3 is 0 Å². The summed E-state index contributed by atoms with van der Waals surface area (Å²) in [4.78, 5) is 26.1. The Labute approximate surface area is 137 Å². The maximum Gasteiger partial charge on any atom is 0.222 e. The molecule has 5 nitrogen and oxygen atoms in total. The van der Waals surface area contributed by atoms with Gasteiger partial charge in [0.15, 0.2) is 0 Å². The fourth-order valence-corrected chi connectivity index (χ4v) is 3.50. The van der Waals surface area contributed by atoms with Gasteiger partial charge in [0.1, 0.15) is 0 Å². The van der Waals surface area contributed by atoms with E-state index in [1.165, 1.54) is 5.56 Å². The van der Waals surface area contributed by atoms with E-state index >= 15 is 0 Å². The first-order valence-electron chi connectivity index (χ1n) is 8.34. The highest BCUT2D eigenvalue weighted by Gasteiger charge is 2.30. The van der Waals surface area contributed by atoms with E-state index in [-0.39, 0.29) is 17.9 Å². The topological polar surface area (TPSA) is 58.6 Å². The predicted octanol–water partition coefficient (Wildman–Crippen LogP) is 1.68. The molecule has 1 saturated heterocycles. The average Bonchev–Trinajstić information content (AvgIpc) is 3.06. The number of rotatable bonds is 4. The summed E-state index contributed by atoms with van der Waals surface area (Å²) in [6.07, 6.45) is 2.18. The minimum Gasteiger partial charge on any atom is -0.381 e. The van der Waals surface area contributed by atoms with Crippen molar-refractivity contribution >= 4 is 11.8 Å². The average molecular weight is 316 g/mol. The van der Waals surface area contributed by atoms with Gasteiger partial charge in [-0.2, -0.15) is 0 Å². The molecule has 3 rings (SSSR count). The highest BCUT2D eigenvalue weighted by Crippen LogP contribution is 2.32. The highest BCUT2D eigenvalue weighted by molar-refractivity contribution is 5.79. The molecular formula is C18H24N2O3. The van der Waals surface area contributed by atoms with E-state index in [0.717, 1.165) is 31.6 Å². The molecule has 1 aromatic rings. The van der Waals surface area contributed by atoms with Crippen LogP contribution in [0, 0.1) is 5.92 Å². The molecular weight excluding hydrogens is 292 g/mol. The zero-order chi connectivity index (χ0) is 16.2. The Bertz CT molecular complexity index is 581. The first kappa shape index (κ1) is 16.0. The maximum absolute atomic E-state index is 12.4. The molecule has 0 unspecified atom stereocenters. The summed E-state index contributed by atoms with van der Waals surface area (Å²) in [5.41, 5.74) is 2.35. The van der Waals surface area contributed by atoms with Gasteiger partial charge in [-0.25, -0.2) is 0 Å². The molecule has 2 aliphatic rings. The summed E-state index contributed by atoms with van der Waals surface area (Å²) in [6.45, 7) is 4.43. The van der Waals surface area contributed by atoms with Crippen molar-refractivity contribution in [3.05, 3.63) is 35.4 Å². The largest absolute Gasteiger partial charge is 0.381 e. The molecule has 0 saturated carbocycles. The molecule has 124 valence electrons. The van der Waals surface area contributed by atoms with Crippen LogP contribution in [-0.2, 0) is 20.7 Å². The molecule has 5 heteroatoms. The van der Waals surface area contributed by atoms with Crippen LogP contribution in [0.1, 0.15) is 36.9 Å². The second-order valence-corrected chi connectivity index (χ2v) is 6.41. The van der Waals surface area contributed by atoms with Gasteiger partial charge in [-0.1, -0.05) is 24.3 Å². The first-order valence-corrected chi connectivity index (χ1v) is 8.34. The fourth-order valence-electron chi connectivity index (χ4n) is 3.50. The quantitative estimate of drug-likeness (QED) is 0.919. The molecule has 0 aliphatic carbocycles. The molecule has 2 amide bonds. The van der Waals surface area contributed by atoms with Gasteiger partial charge in [-0.15, -0.1) is 0 Å². The van der Waals surface area contributed by atoms with Crippen LogP contribution in [-0.4, -0.2) is 43.0 Å². The monoisotopic (exact) mass is 316 g/mol. The van der Waals surface area contributed by atoms with E-state index in [1.807, 2.05) is 23.1 Å². The number of hydrogen-bond acceptors (Lipinski definition) is 3. The molecule has 1 aromatic carbocycles. The molecule has 0 bridgehead atoms. The summed E-state index contributed by atoms with van der Waals surface area (Å²) in [5.74, 6) is 0.452. The molecule has 2 heterocycles. The van der Waals surface area contributed by atoms with Crippen LogP contribution in [0.15, 0.2) is 24.3 Å². The number of nitrogens with one attached hydrogen (secondary N) is 1. The number of amides is 2. The third-order valence-corrected chi connectivity index (χ3v) is 4.81. The van der Waals surface area contributed by atoms with Crippen molar-refractivity contribution in [1.82, 2.24) is 10.2 Å². The normalized spacial score (nSPS) is 23.4. The lowest BCUT2D eigenvalue weighted by atomic mass is 9.90. The van der Waals surface area contributed by atoms with Crippen LogP contribution in [0.5, 0.6) is 0 Å². The van der Waals surface area contributed by atoms with Crippen LogP contribution in [0.3, 0.4) is 0 Å². The van der Waals surface area contributed by atoms with E-state index < -0.39 is 0 Å². The molecule has 0 radical (unpaired) electrons. The van der Waals surface area contributed by atoms with E-state index in [2.05, 4.69) is 11.4 Å². The third-order valence-electron chi connectivity index (χ3n) is 4.81. The molecule has 1 N–H and O–H groups in total. The smallest absolute Gasteiger partial charge is 0.222 e. The van der Waals surface area contributed by atoms with Crippen molar-refractivity contribution in [2.75, 3.05) is 26.3 Å². The number of carbonyl (C=O) groups is 2. The van der Waals surface area contributed by atoms with E-state index in [4.69, 9.17) is 4.74 Å². The zero-order valence-corrected chi connectivity index (χ0v) is 13.6. The van der Waals surface area contributed by atoms with Crippen molar-refractivity contribution in [3.63, 3.8) is 0 Å². The number of nitrogens with zero attached hydrogens (tertiary/aromatic N) is 1. The molecule has 1 fully saturated rings. The SMILES string of the molecule is CC(=O)N1CCc2ccccc2[C@H]1CC(=O)NC[C@H]1CCOC1. The van der Waals surface area contributed by atoms with Crippen LogP contribution < -0.4 is 5.32 Å². The Morgan fingerprint density at radius 3 is 2.91 bits per heavy atom. The molecule has 2 atom stereocenters. The van der Waals surface area contributed by atoms with E-state index in [0.29, 0.717) is 25.4 Å². The Balaban J connectivity index is 1.67. The first-order chi connectivity index (χ1) is 11.1. The third kappa shape index (κ3) is 3.72. The number of fused-ring (bicyclic) bond motifs is 1. The second kappa shape index (κ2) is 7.13. The minimum absolute atomic E-state index is 0.00449. The molecule has 0 spiro atoms. The van der Waals surface area contributed by atoms with Gasteiger partial charge in [-0.3, -0.25) is 9.59 Å². The van der Waals surface area contributed by atoms with Crippen molar-refractivity contribution < 1.29 is 14.3 Å². The lowest BCUT2D eigenvalue weighted by Crippen LogP contribution is -2.41. The van der Waals surface area contributed by atoms with E-state index in [1.54, 1.807) is 6.92 Å². The van der Waals surface area contributed by atoms with Gasteiger partial charge < -0.3 is 15.0 Å². The fraction of sp³-hybridized carbons (Fsp3) is 0.556. The molecule has 2 aliphatic heterocycles. The summed E-state index contributed by atoms with van der Waals surface area (Å²) in [6, 6.07) is 7.96. The Morgan fingerprint density at radius 1 is 1.35 bits per heavy atom. The summed E-state index contributed by atoms with van der Waals surface area (Å²) < 4.78 is 5.33. The van der Waals surface area contributed by atoms with Gasteiger partial charge in [-0.05, 0) is 24.0 Å². The minimum atomic E-state index is -0.155. The van der Waals surface area contributed by atoms with Crippen molar-refractivity contribution in [2.24, 2.45) is 5.92 Å². The molecule has 23 heavy (non-hydrogen) atoms. The summed E-state index contributed by atoms with van der Waals surface area (Å²) in [7, 11) is 0. The number of hydrogen-bond donors (Lipinski definition) is 1. The van der Waals surface area contributed by atoms with Crippen molar-refractivity contribution in [2.45, 2.75) is 32.2 Å². The van der Waals surface area contributed by atoms with Gasteiger partial charge in [0, 0.05) is 32.5 Å². The lowest BCUT2D eigenvalue weighted by Gasteiger charge is -2.36. The highest BCUT2D eigenvalue weighted by atomic mass is 16.5. The van der Waals surface area contributed by atoms with Crippen LogP contribution in [0.2, 0.25) is 0 Å². The summed E-state index contributed by atoms with van der Waals surface area (Å²) >= 11 is 0. The number of ether oxygens (including phenoxy) is 1. The predicted molar refractivity (Wildman–Crippen MR) is 86.8 cm³/mol. The van der Waals surface area contributed by atoms with E-state index in [9.17, 15) is 9.59 Å². The second-order valence-electron chi connectivity index (χ2n) is 6.41. The van der Waals surface area contributed by atoms with Gasteiger partial charge in [0.05, 0.1) is 19.1 Å². The Morgan fingerprint density at radius 2 is 2.17 bits per heavy atom. The van der Waals surface area contributed by atoms with Crippen molar-refractivity contribution in [1.29, 1.82) is 0 Å². The van der Waals surface area contributed by atoms with Gasteiger partial charge in [0.2, 0.25) is 11.8 Å². The van der Waals surface area contributed by atoms with Crippen molar-refractivity contribution in [3.8, 4) is 0 Å². The summed E-state index contributed by atoms with van der Waals surface area (Å²) in [5, 5.41) is 3.01. The van der Waals surface area contributed by atoms with Crippen LogP contribution in [0.4, 0.5) is 0 Å². The zero-order valence-electron chi connectivity index (χ0n) is 13.6. The number of carbonyl (C=O) groups excluding carboxylic acids is 2. The van der Waals surface area contributed by atoms with Crippen LogP contribution in [0.25, 0.3) is 0 Å². The maximum atomic E-state index is 12.4. The lowest BCUT2D eigenvalue weighted by molar-refractivity contribution is -0.133. The Hall–Kier alpha value is -1.88. The Kier molecular flexibility index (Phi) is 4.96. The molecule has 0 aromatic heterocycles. The van der Waals surface area contributed by atoms with Crippen LogP contribution >= 0.6 is 0 Å². The standard InChI is InChI=1S/C18H24N2O3/c1-13(21)20-8-6-15-4-2-3-5-16(15)17(20)10-18(22)19-11-14-7-9-23-12-14/h2-5,14,17H,6-12H2,1H3,(H,19,22)/t14-,17-/m1/s1. The number of benzene rings is 1. The van der Waals surface area contributed by atoms with Gasteiger partial charge in [0.25, 0.3) is 0 Å².